The minimum absolute atomic E-state index is 0.292. The quantitative estimate of drug-likeness (QED) is 0.737. The van der Waals surface area contributed by atoms with Crippen LogP contribution in [-0.4, -0.2) is 22.2 Å². The highest BCUT2D eigenvalue weighted by Crippen LogP contribution is 2.18. The zero-order chi connectivity index (χ0) is 11.8. The van der Waals surface area contributed by atoms with E-state index in [0.29, 0.717) is 12.8 Å². The fourth-order valence-corrected chi connectivity index (χ4v) is 0.365. The minimum atomic E-state index is -0.722. The molecule has 0 rings (SSSR count). The predicted octanol–water partition coefficient (Wildman–Crippen LogP) is 2.38. The largest absolute Gasteiger partial charge is 0.481 e. The summed E-state index contributed by atoms with van der Waals surface area (Å²) in [6.07, 6.45) is 1.71. The van der Waals surface area contributed by atoms with Crippen LogP contribution in [0.25, 0.3) is 0 Å². The molecule has 0 aromatic carbocycles. The van der Waals surface area contributed by atoms with Gasteiger partial charge in [0, 0.05) is 6.42 Å². The van der Waals surface area contributed by atoms with Crippen LogP contribution in [0.4, 0.5) is 0 Å². The Balaban J connectivity index is 0. The van der Waals surface area contributed by atoms with Crippen molar-refractivity contribution in [2.45, 2.75) is 47.0 Å². The Morgan fingerprint density at radius 1 is 1.14 bits per heavy atom. The second-order valence-corrected chi connectivity index (χ2v) is 3.69. The highest BCUT2D eigenvalue weighted by molar-refractivity contribution is 5.73. The van der Waals surface area contributed by atoms with Crippen molar-refractivity contribution in [3.63, 3.8) is 0 Å². The lowest BCUT2D eigenvalue weighted by Crippen LogP contribution is -2.21. The maximum Gasteiger partial charge on any atom is 0.309 e. The van der Waals surface area contributed by atoms with Gasteiger partial charge in [0.2, 0.25) is 0 Å². The SMILES string of the molecule is CCC(C)(C)C(=O)O.CCCC(=O)O. The number of aliphatic carboxylic acids is 2. The van der Waals surface area contributed by atoms with Crippen LogP contribution in [0.15, 0.2) is 0 Å². The van der Waals surface area contributed by atoms with Crippen LogP contribution in [-0.2, 0) is 9.59 Å². The Hall–Kier alpha value is -1.06. The van der Waals surface area contributed by atoms with Crippen LogP contribution in [0.1, 0.15) is 47.0 Å². The van der Waals surface area contributed by atoms with Crippen molar-refractivity contribution in [1.82, 2.24) is 0 Å². The van der Waals surface area contributed by atoms with Crippen LogP contribution in [0.2, 0.25) is 0 Å². The van der Waals surface area contributed by atoms with E-state index < -0.39 is 17.4 Å². The second-order valence-electron chi connectivity index (χ2n) is 3.69. The third kappa shape index (κ3) is 9.03. The topological polar surface area (TPSA) is 74.6 Å². The molecular formula is C10H20O4. The Morgan fingerprint density at radius 2 is 1.57 bits per heavy atom. The molecule has 0 unspecified atom stereocenters. The molecule has 4 nitrogen and oxygen atoms in total. The van der Waals surface area contributed by atoms with E-state index >= 15 is 0 Å². The van der Waals surface area contributed by atoms with Gasteiger partial charge in [0.1, 0.15) is 0 Å². The van der Waals surface area contributed by atoms with Crippen molar-refractivity contribution in [3.8, 4) is 0 Å². The monoisotopic (exact) mass is 204 g/mol. The van der Waals surface area contributed by atoms with Crippen LogP contribution in [0.5, 0.6) is 0 Å². The van der Waals surface area contributed by atoms with E-state index in [1.165, 1.54) is 0 Å². The Kier molecular flexibility index (Phi) is 8.10. The van der Waals surface area contributed by atoms with Gasteiger partial charge in [0.15, 0.2) is 0 Å². The van der Waals surface area contributed by atoms with E-state index in [9.17, 15) is 9.59 Å². The lowest BCUT2D eigenvalue weighted by Gasteiger charge is -2.14. The standard InChI is InChI=1S/C6H12O2.C4H8O2/c1-4-6(2,3)5(7)8;1-2-3-4(5)6/h4H2,1-3H3,(H,7,8);2-3H2,1H3,(H,5,6). The third-order valence-corrected chi connectivity index (χ3v) is 1.93. The molecule has 0 fully saturated rings. The van der Waals surface area contributed by atoms with Gasteiger partial charge in [-0.05, 0) is 26.7 Å². The lowest BCUT2D eigenvalue weighted by molar-refractivity contribution is -0.147. The van der Waals surface area contributed by atoms with Crippen LogP contribution in [0.3, 0.4) is 0 Å². The summed E-state index contributed by atoms with van der Waals surface area (Å²) in [5, 5.41) is 16.4. The molecule has 0 aromatic heterocycles. The number of rotatable bonds is 4. The average molecular weight is 204 g/mol. The molecule has 2 N–H and O–H groups in total. The van der Waals surface area contributed by atoms with Gasteiger partial charge in [-0.2, -0.15) is 0 Å². The Labute approximate surface area is 84.9 Å². The predicted molar refractivity (Wildman–Crippen MR) is 54.3 cm³/mol. The molecule has 0 bridgehead atoms. The van der Waals surface area contributed by atoms with Crippen molar-refractivity contribution < 1.29 is 19.8 Å². The molecule has 0 amide bonds. The fraction of sp³-hybridized carbons (Fsp3) is 0.800. The van der Waals surface area contributed by atoms with E-state index in [-0.39, 0.29) is 0 Å². The molecule has 14 heavy (non-hydrogen) atoms. The van der Waals surface area contributed by atoms with Gasteiger partial charge in [0.25, 0.3) is 0 Å². The van der Waals surface area contributed by atoms with Gasteiger partial charge in [0.05, 0.1) is 5.41 Å². The number of carboxylic acids is 2. The summed E-state index contributed by atoms with van der Waals surface area (Å²) in [5.74, 6) is -1.43. The van der Waals surface area contributed by atoms with Gasteiger partial charge < -0.3 is 10.2 Å². The van der Waals surface area contributed by atoms with E-state index in [4.69, 9.17) is 10.2 Å². The highest BCUT2D eigenvalue weighted by atomic mass is 16.4. The fourth-order valence-electron chi connectivity index (χ4n) is 0.365. The molecule has 0 aromatic rings. The maximum absolute atomic E-state index is 10.3. The number of carboxylic acid groups (broad SMARTS) is 2. The summed E-state index contributed by atoms with van der Waals surface area (Å²) < 4.78 is 0. The van der Waals surface area contributed by atoms with Gasteiger partial charge in [-0.25, -0.2) is 0 Å². The van der Waals surface area contributed by atoms with Crippen LogP contribution >= 0.6 is 0 Å². The van der Waals surface area contributed by atoms with E-state index in [2.05, 4.69) is 0 Å². The Morgan fingerprint density at radius 3 is 1.57 bits per heavy atom. The van der Waals surface area contributed by atoms with Crippen molar-refractivity contribution >= 4 is 11.9 Å². The maximum atomic E-state index is 10.3. The average Bonchev–Trinajstić information content (AvgIpc) is 2.05. The van der Waals surface area contributed by atoms with Crippen molar-refractivity contribution in [3.05, 3.63) is 0 Å². The second kappa shape index (κ2) is 7.35. The van der Waals surface area contributed by atoms with E-state index in [0.717, 1.165) is 6.42 Å². The molecule has 0 spiro atoms. The van der Waals surface area contributed by atoms with Crippen LogP contribution in [0, 0.1) is 5.41 Å². The van der Waals surface area contributed by atoms with Crippen molar-refractivity contribution in [2.75, 3.05) is 0 Å². The molecule has 4 heteroatoms. The molecule has 0 atom stereocenters. The first-order valence-electron chi connectivity index (χ1n) is 4.73. The van der Waals surface area contributed by atoms with Gasteiger partial charge >= 0.3 is 11.9 Å². The first-order valence-corrected chi connectivity index (χ1v) is 4.73. The third-order valence-electron chi connectivity index (χ3n) is 1.93. The molecule has 0 aliphatic heterocycles. The zero-order valence-electron chi connectivity index (χ0n) is 9.33. The highest BCUT2D eigenvalue weighted by Gasteiger charge is 2.23. The number of carbonyl (C=O) groups is 2. The zero-order valence-corrected chi connectivity index (χ0v) is 9.33. The first kappa shape index (κ1) is 15.4. The molecule has 0 saturated heterocycles. The molecule has 0 saturated carbocycles. The van der Waals surface area contributed by atoms with Gasteiger partial charge in [-0.15, -0.1) is 0 Å². The summed E-state index contributed by atoms with van der Waals surface area (Å²) in [6, 6.07) is 0. The molecular weight excluding hydrogens is 184 g/mol. The van der Waals surface area contributed by atoms with Crippen LogP contribution < -0.4 is 0 Å². The Bertz CT molecular complexity index is 185. The van der Waals surface area contributed by atoms with Gasteiger partial charge in [-0.3, -0.25) is 9.59 Å². The molecule has 0 aliphatic rings. The lowest BCUT2D eigenvalue weighted by atomic mass is 9.91. The normalized spacial score (nSPS) is 10.0. The number of hydrogen-bond donors (Lipinski definition) is 2. The molecule has 84 valence electrons. The summed E-state index contributed by atoms with van der Waals surface area (Å²) in [4.78, 5) is 19.9. The summed E-state index contributed by atoms with van der Waals surface area (Å²) in [5.41, 5.74) is -0.542. The first-order chi connectivity index (χ1) is 6.27. The van der Waals surface area contributed by atoms with E-state index in [1.54, 1.807) is 13.8 Å². The minimum Gasteiger partial charge on any atom is -0.481 e. The van der Waals surface area contributed by atoms with Crippen molar-refractivity contribution in [1.29, 1.82) is 0 Å². The van der Waals surface area contributed by atoms with Crippen molar-refractivity contribution in [2.24, 2.45) is 5.41 Å². The summed E-state index contributed by atoms with van der Waals surface area (Å²) >= 11 is 0. The number of hydrogen-bond acceptors (Lipinski definition) is 2. The van der Waals surface area contributed by atoms with E-state index in [1.807, 2.05) is 13.8 Å². The summed E-state index contributed by atoms with van der Waals surface area (Å²) in [7, 11) is 0. The van der Waals surface area contributed by atoms with Gasteiger partial charge in [-0.1, -0.05) is 13.8 Å². The molecule has 0 heterocycles. The smallest absolute Gasteiger partial charge is 0.309 e. The molecule has 0 radical (unpaired) electrons. The molecule has 0 aliphatic carbocycles. The summed E-state index contributed by atoms with van der Waals surface area (Å²) in [6.45, 7) is 7.15.